The quantitative estimate of drug-likeness (QED) is 0.546. The lowest BCUT2D eigenvalue weighted by atomic mass is 9.74. The van der Waals surface area contributed by atoms with Crippen molar-refractivity contribution in [2.45, 2.75) is 53.1 Å². The Kier molecular flexibility index (Phi) is 3.27. The summed E-state index contributed by atoms with van der Waals surface area (Å²) in [5.41, 5.74) is -0.243. The first-order chi connectivity index (χ1) is 7.17. The van der Waals surface area contributed by atoms with Crippen LogP contribution in [0.2, 0.25) is 0 Å². The molecule has 0 amide bonds. The number of carbonyl (C=O) groups excluding carboxylic acids is 2. The molecule has 0 aliphatic carbocycles. The average molecular weight is 224 g/mol. The van der Waals surface area contributed by atoms with Crippen molar-refractivity contribution in [2.24, 2.45) is 5.41 Å². The van der Waals surface area contributed by atoms with Crippen LogP contribution >= 0.6 is 0 Å². The standard InChI is InChI=1S/C13H20O3/c1-9(2)6-7-13(8-10(14)16-13)11(15)12(3,4)5/h6H,7-8H2,1-5H3. The van der Waals surface area contributed by atoms with Gasteiger partial charge in [-0.25, -0.2) is 0 Å². The van der Waals surface area contributed by atoms with Crippen LogP contribution in [0.5, 0.6) is 0 Å². The zero-order valence-electron chi connectivity index (χ0n) is 10.7. The minimum atomic E-state index is -0.896. The third kappa shape index (κ3) is 2.52. The van der Waals surface area contributed by atoms with Crippen molar-refractivity contribution in [3.63, 3.8) is 0 Å². The maximum atomic E-state index is 12.2. The summed E-state index contributed by atoms with van der Waals surface area (Å²) in [6.45, 7) is 9.49. The molecule has 1 saturated heterocycles. The van der Waals surface area contributed by atoms with E-state index >= 15 is 0 Å². The van der Waals surface area contributed by atoms with E-state index in [0.717, 1.165) is 5.57 Å². The molecular weight excluding hydrogens is 204 g/mol. The molecule has 16 heavy (non-hydrogen) atoms. The van der Waals surface area contributed by atoms with Crippen molar-refractivity contribution in [1.29, 1.82) is 0 Å². The van der Waals surface area contributed by atoms with Gasteiger partial charge in [-0.05, 0) is 13.8 Å². The number of allylic oxidation sites excluding steroid dienone is 1. The molecule has 0 N–H and O–H groups in total. The Bertz CT molecular complexity index is 333. The van der Waals surface area contributed by atoms with Crippen molar-refractivity contribution >= 4 is 11.8 Å². The summed E-state index contributed by atoms with van der Waals surface area (Å²) in [5.74, 6) is -0.267. The normalized spacial score (nSPS) is 24.4. The molecule has 1 rings (SSSR count). The van der Waals surface area contributed by atoms with E-state index in [0.29, 0.717) is 6.42 Å². The first kappa shape index (κ1) is 12.9. The van der Waals surface area contributed by atoms with Crippen LogP contribution < -0.4 is 0 Å². The highest BCUT2D eigenvalue weighted by molar-refractivity contribution is 6.00. The molecular formula is C13H20O3. The van der Waals surface area contributed by atoms with E-state index < -0.39 is 11.0 Å². The summed E-state index contributed by atoms with van der Waals surface area (Å²) in [6.07, 6.45) is 2.67. The predicted octanol–water partition coefficient (Wildman–Crippen LogP) is 2.64. The van der Waals surface area contributed by atoms with Gasteiger partial charge < -0.3 is 4.74 Å². The van der Waals surface area contributed by atoms with Gasteiger partial charge in [0.15, 0.2) is 11.4 Å². The lowest BCUT2D eigenvalue weighted by molar-refractivity contribution is -0.197. The third-order valence-corrected chi connectivity index (χ3v) is 2.67. The molecule has 1 aliphatic heterocycles. The van der Waals surface area contributed by atoms with E-state index in [9.17, 15) is 9.59 Å². The van der Waals surface area contributed by atoms with Gasteiger partial charge in [-0.1, -0.05) is 32.4 Å². The highest BCUT2D eigenvalue weighted by Gasteiger charge is 2.54. The van der Waals surface area contributed by atoms with Crippen molar-refractivity contribution < 1.29 is 14.3 Å². The molecule has 0 radical (unpaired) electrons. The highest BCUT2D eigenvalue weighted by atomic mass is 16.6. The molecule has 1 atom stereocenters. The summed E-state index contributed by atoms with van der Waals surface area (Å²) in [5, 5.41) is 0. The minimum absolute atomic E-state index is 0.0112. The largest absolute Gasteiger partial charge is 0.450 e. The summed E-state index contributed by atoms with van der Waals surface area (Å²) in [6, 6.07) is 0. The Labute approximate surface area is 96.9 Å². The van der Waals surface area contributed by atoms with Crippen LogP contribution in [-0.2, 0) is 14.3 Å². The predicted molar refractivity (Wildman–Crippen MR) is 62.0 cm³/mol. The van der Waals surface area contributed by atoms with Gasteiger partial charge in [0, 0.05) is 11.8 Å². The fraction of sp³-hybridized carbons (Fsp3) is 0.692. The lowest BCUT2D eigenvalue weighted by Crippen LogP contribution is -2.57. The highest BCUT2D eigenvalue weighted by Crippen LogP contribution is 2.38. The number of esters is 1. The van der Waals surface area contributed by atoms with Crippen molar-refractivity contribution in [1.82, 2.24) is 0 Å². The Morgan fingerprint density at radius 2 is 1.94 bits per heavy atom. The fourth-order valence-electron chi connectivity index (χ4n) is 1.83. The van der Waals surface area contributed by atoms with Gasteiger partial charge in [0.1, 0.15) is 0 Å². The van der Waals surface area contributed by atoms with Gasteiger partial charge in [0.2, 0.25) is 0 Å². The van der Waals surface area contributed by atoms with Gasteiger partial charge in [-0.2, -0.15) is 0 Å². The molecule has 90 valence electrons. The molecule has 0 aromatic heterocycles. The molecule has 0 spiro atoms. The van der Waals surface area contributed by atoms with E-state index in [1.54, 1.807) is 0 Å². The molecule has 1 fully saturated rings. The molecule has 3 heteroatoms. The van der Waals surface area contributed by atoms with Crippen molar-refractivity contribution in [2.75, 3.05) is 0 Å². The molecule has 0 bridgehead atoms. The smallest absolute Gasteiger partial charge is 0.311 e. The molecule has 1 heterocycles. The topological polar surface area (TPSA) is 43.4 Å². The number of carbonyl (C=O) groups is 2. The molecule has 1 unspecified atom stereocenters. The second-order valence-electron chi connectivity index (χ2n) is 5.71. The number of ether oxygens (including phenoxy) is 1. The zero-order chi connectivity index (χ0) is 12.6. The van der Waals surface area contributed by atoms with Crippen LogP contribution in [0.3, 0.4) is 0 Å². The molecule has 3 nitrogen and oxygen atoms in total. The molecule has 0 saturated carbocycles. The van der Waals surface area contributed by atoms with Gasteiger partial charge in [0.25, 0.3) is 0 Å². The van der Waals surface area contributed by atoms with Crippen LogP contribution in [0.4, 0.5) is 0 Å². The molecule has 0 aromatic carbocycles. The van der Waals surface area contributed by atoms with Crippen molar-refractivity contribution in [3.05, 3.63) is 11.6 Å². The summed E-state index contributed by atoms with van der Waals surface area (Å²) >= 11 is 0. The van der Waals surface area contributed by atoms with Gasteiger partial charge in [-0.3, -0.25) is 9.59 Å². The summed E-state index contributed by atoms with van der Waals surface area (Å²) in [7, 11) is 0. The van der Waals surface area contributed by atoms with Crippen LogP contribution in [0.1, 0.15) is 47.5 Å². The van der Waals surface area contributed by atoms with Crippen molar-refractivity contribution in [3.8, 4) is 0 Å². The number of hydrogen-bond acceptors (Lipinski definition) is 3. The van der Waals surface area contributed by atoms with E-state index in [1.165, 1.54) is 0 Å². The van der Waals surface area contributed by atoms with Crippen LogP contribution in [-0.4, -0.2) is 17.4 Å². The summed E-state index contributed by atoms with van der Waals surface area (Å²) in [4.78, 5) is 23.2. The third-order valence-electron chi connectivity index (χ3n) is 2.67. The van der Waals surface area contributed by atoms with Crippen LogP contribution in [0, 0.1) is 5.41 Å². The van der Waals surface area contributed by atoms with Crippen LogP contribution in [0.25, 0.3) is 0 Å². The minimum Gasteiger partial charge on any atom is -0.450 e. The van der Waals surface area contributed by atoms with Gasteiger partial charge >= 0.3 is 5.97 Å². The number of Topliss-reactive ketones (excluding diaryl/α,β-unsaturated/α-hetero) is 1. The Hall–Kier alpha value is -1.12. The summed E-state index contributed by atoms with van der Waals surface area (Å²) < 4.78 is 5.13. The number of cyclic esters (lactones) is 1. The first-order valence-corrected chi connectivity index (χ1v) is 5.57. The van der Waals surface area contributed by atoms with Gasteiger partial charge in [0.05, 0.1) is 6.42 Å². The maximum Gasteiger partial charge on any atom is 0.311 e. The Balaban J connectivity index is 2.87. The van der Waals surface area contributed by atoms with E-state index in [-0.39, 0.29) is 18.2 Å². The van der Waals surface area contributed by atoms with Gasteiger partial charge in [-0.15, -0.1) is 0 Å². The maximum absolute atomic E-state index is 12.2. The average Bonchev–Trinajstić information content (AvgIpc) is 2.07. The second-order valence-corrected chi connectivity index (χ2v) is 5.71. The van der Waals surface area contributed by atoms with Crippen LogP contribution in [0.15, 0.2) is 11.6 Å². The first-order valence-electron chi connectivity index (χ1n) is 5.57. The monoisotopic (exact) mass is 224 g/mol. The Morgan fingerprint density at radius 3 is 2.25 bits per heavy atom. The fourth-order valence-corrected chi connectivity index (χ4v) is 1.83. The zero-order valence-corrected chi connectivity index (χ0v) is 10.7. The second kappa shape index (κ2) is 4.04. The number of hydrogen-bond donors (Lipinski definition) is 0. The van der Waals surface area contributed by atoms with E-state index in [4.69, 9.17) is 4.74 Å². The Morgan fingerprint density at radius 1 is 1.44 bits per heavy atom. The lowest BCUT2D eigenvalue weighted by Gasteiger charge is -2.42. The SMILES string of the molecule is CC(C)=CCC1(C(=O)C(C)(C)C)CC(=O)O1. The van der Waals surface area contributed by atoms with E-state index in [2.05, 4.69) is 0 Å². The van der Waals surface area contributed by atoms with E-state index in [1.807, 2.05) is 40.7 Å². The number of ketones is 1. The molecule has 0 aromatic rings. The number of rotatable bonds is 3. The molecule has 1 aliphatic rings.